The summed E-state index contributed by atoms with van der Waals surface area (Å²) in [5, 5.41) is 0. The first kappa shape index (κ1) is 64.1. The molecule has 0 radical (unpaired) electrons. The molecule has 0 bridgehead atoms. The highest BCUT2D eigenvalue weighted by molar-refractivity contribution is 5.71. The number of esters is 3. The highest BCUT2D eigenvalue weighted by Gasteiger charge is 2.19. The minimum Gasteiger partial charge on any atom is -0.462 e. The lowest BCUT2D eigenvalue weighted by Gasteiger charge is -2.18. The van der Waals surface area contributed by atoms with Crippen molar-refractivity contribution in [1.29, 1.82) is 0 Å². The van der Waals surface area contributed by atoms with Gasteiger partial charge in [-0.3, -0.25) is 14.4 Å². The van der Waals surface area contributed by atoms with Gasteiger partial charge in [-0.2, -0.15) is 0 Å². The highest BCUT2D eigenvalue weighted by atomic mass is 16.6. The van der Waals surface area contributed by atoms with Crippen molar-refractivity contribution in [3.05, 3.63) is 60.8 Å². The fourth-order valence-electron chi connectivity index (χ4n) is 8.24. The summed E-state index contributed by atoms with van der Waals surface area (Å²) in [5.41, 5.74) is 0. The van der Waals surface area contributed by atoms with E-state index in [4.69, 9.17) is 14.2 Å². The molecule has 0 heterocycles. The number of ether oxygens (including phenoxy) is 3. The van der Waals surface area contributed by atoms with Crippen LogP contribution in [0.3, 0.4) is 0 Å². The van der Waals surface area contributed by atoms with Crippen LogP contribution in [0.4, 0.5) is 0 Å². The van der Waals surface area contributed by atoms with Crippen molar-refractivity contribution in [3.8, 4) is 0 Å². The molecule has 0 aliphatic carbocycles. The van der Waals surface area contributed by atoms with Crippen molar-refractivity contribution < 1.29 is 28.6 Å². The molecule has 0 aromatic heterocycles. The van der Waals surface area contributed by atoms with E-state index in [1.165, 1.54) is 167 Å². The van der Waals surface area contributed by atoms with Crippen LogP contribution < -0.4 is 0 Å². The van der Waals surface area contributed by atoms with Gasteiger partial charge in [0.15, 0.2) is 6.10 Å². The molecule has 0 aromatic rings. The van der Waals surface area contributed by atoms with Crippen LogP contribution in [-0.2, 0) is 28.6 Å². The highest BCUT2D eigenvalue weighted by Crippen LogP contribution is 2.16. The van der Waals surface area contributed by atoms with Gasteiger partial charge in [0.25, 0.3) is 0 Å². The average Bonchev–Trinajstić information content (AvgIpc) is 3.33. The van der Waals surface area contributed by atoms with Crippen molar-refractivity contribution in [2.75, 3.05) is 13.2 Å². The Bertz CT molecular complexity index is 1210. The molecule has 6 nitrogen and oxygen atoms in total. The topological polar surface area (TPSA) is 78.9 Å². The zero-order valence-corrected chi connectivity index (χ0v) is 44.4. The van der Waals surface area contributed by atoms with Crippen LogP contribution in [0.25, 0.3) is 0 Å². The largest absolute Gasteiger partial charge is 0.462 e. The summed E-state index contributed by atoms with van der Waals surface area (Å²) in [7, 11) is 0. The molecule has 0 N–H and O–H groups in total. The van der Waals surface area contributed by atoms with Gasteiger partial charge in [-0.1, -0.05) is 274 Å². The van der Waals surface area contributed by atoms with Gasteiger partial charge >= 0.3 is 17.9 Å². The van der Waals surface area contributed by atoms with Crippen LogP contribution in [0.1, 0.15) is 290 Å². The first-order valence-electron chi connectivity index (χ1n) is 28.8. The van der Waals surface area contributed by atoms with Gasteiger partial charge in [-0.05, 0) is 57.8 Å². The Morgan fingerprint density at radius 3 is 0.896 bits per heavy atom. The van der Waals surface area contributed by atoms with E-state index in [-0.39, 0.29) is 37.5 Å². The fraction of sp³-hybridized carbons (Fsp3) is 0.787. The van der Waals surface area contributed by atoms with E-state index in [2.05, 4.69) is 81.5 Å². The Morgan fingerprint density at radius 2 is 0.582 bits per heavy atom. The maximum Gasteiger partial charge on any atom is 0.306 e. The maximum atomic E-state index is 12.8. The summed E-state index contributed by atoms with van der Waals surface area (Å²) in [6.07, 6.45) is 69.3. The van der Waals surface area contributed by atoms with Crippen molar-refractivity contribution in [2.24, 2.45) is 0 Å². The van der Waals surface area contributed by atoms with E-state index in [9.17, 15) is 14.4 Å². The molecular weight excluding hydrogens is 829 g/mol. The van der Waals surface area contributed by atoms with Crippen molar-refractivity contribution >= 4 is 17.9 Å². The van der Waals surface area contributed by atoms with Gasteiger partial charge < -0.3 is 14.2 Å². The standard InChI is InChI=1S/C61H108O6/c1-4-7-10-13-16-19-22-25-28-30-33-36-39-42-45-48-51-54-60(63)66-57-58(56-65-59(62)53-50-47-44-41-38-35-32-27-24-21-18-15-12-9-6-3)67-61(64)55-52-49-46-43-40-37-34-31-29-26-23-20-17-14-11-8-5-2/h8,11,17,20,26,29,34,37,43,46,58H,4-7,9-10,12-16,18-19,21-25,27-28,30-33,35-36,38-42,44-45,47-57H2,1-3H3/b11-8-,20-17-,29-26-,37-34-,46-43-/t58-/m0/s1. The molecule has 0 amide bonds. The Morgan fingerprint density at radius 1 is 0.313 bits per heavy atom. The second kappa shape index (κ2) is 55.7. The zero-order chi connectivity index (χ0) is 48.6. The number of rotatable bonds is 52. The first-order valence-corrected chi connectivity index (χ1v) is 28.8. The Hall–Kier alpha value is -2.89. The lowest BCUT2D eigenvalue weighted by atomic mass is 10.0. The summed E-state index contributed by atoms with van der Waals surface area (Å²) in [5.74, 6) is -0.937. The Kier molecular flexibility index (Phi) is 53.3. The van der Waals surface area contributed by atoms with E-state index >= 15 is 0 Å². The van der Waals surface area contributed by atoms with Crippen molar-refractivity contribution in [1.82, 2.24) is 0 Å². The van der Waals surface area contributed by atoms with Crippen LogP contribution >= 0.6 is 0 Å². The molecule has 0 unspecified atom stereocenters. The SMILES string of the molecule is CC/C=C\C/C=C\C/C=C\C/C=C\C/C=C\CCCC(=O)O[C@@H](COC(=O)CCCCCCCCCCCCCCCCC)COC(=O)CCCCCCCCCCCCCCCCCCC. The predicted molar refractivity (Wildman–Crippen MR) is 288 cm³/mol. The van der Waals surface area contributed by atoms with Crippen LogP contribution in [0.5, 0.6) is 0 Å². The zero-order valence-electron chi connectivity index (χ0n) is 44.4. The van der Waals surface area contributed by atoms with E-state index in [0.717, 1.165) is 77.0 Å². The molecule has 0 aliphatic rings. The van der Waals surface area contributed by atoms with Crippen molar-refractivity contribution in [3.63, 3.8) is 0 Å². The molecular formula is C61H108O6. The fourth-order valence-corrected chi connectivity index (χ4v) is 8.24. The number of allylic oxidation sites excluding steroid dienone is 10. The van der Waals surface area contributed by atoms with Gasteiger partial charge in [0, 0.05) is 19.3 Å². The Labute approximate surface area is 415 Å². The monoisotopic (exact) mass is 937 g/mol. The van der Waals surface area contributed by atoms with Gasteiger partial charge in [0.1, 0.15) is 13.2 Å². The molecule has 67 heavy (non-hydrogen) atoms. The molecule has 0 aromatic carbocycles. The smallest absolute Gasteiger partial charge is 0.306 e. The van der Waals surface area contributed by atoms with E-state index in [0.29, 0.717) is 19.3 Å². The summed E-state index contributed by atoms with van der Waals surface area (Å²) in [6.45, 7) is 6.52. The maximum absolute atomic E-state index is 12.8. The van der Waals surface area contributed by atoms with Gasteiger partial charge in [-0.25, -0.2) is 0 Å². The second-order valence-corrected chi connectivity index (χ2v) is 19.2. The minimum atomic E-state index is -0.800. The van der Waals surface area contributed by atoms with Crippen LogP contribution in [-0.4, -0.2) is 37.2 Å². The number of carbonyl (C=O) groups excluding carboxylic acids is 3. The molecule has 0 spiro atoms. The third kappa shape index (κ3) is 53.9. The average molecular weight is 938 g/mol. The number of carbonyl (C=O) groups is 3. The van der Waals surface area contributed by atoms with Crippen molar-refractivity contribution in [2.45, 2.75) is 297 Å². The first-order chi connectivity index (χ1) is 33.0. The van der Waals surface area contributed by atoms with Gasteiger partial charge in [0.05, 0.1) is 0 Å². The molecule has 0 fully saturated rings. The van der Waals surface area contributed by atoms with Gasteiger partial charge in [-0.15, -0.1) is 0 Å². The second-order valence-electron chi connectivity index (χ2n) is 19.2. The molecule has 0 saturated carbocycles. The summed E-state index contributed by atoms with van der Waals surface area (Å²) in [4.78, 5) is 38.1. The normalized spacial score (nSPS) is 12.5. The number of unbranched alkanes of at least 4 members (excludes halogenated alkanes) is 31. The quantitative estimate of drug-likeness (QED) is 0.0262. The van der Waals surface area contributed by atoms with Crippen LogP contribution in [0.15, 0.2) is 60.8 Å². The summed E-state index contributed by atoms with van der Waals surface area (Å²) >= 11 is 0. The molecule has 0 rings (SSSR count). The van der Waals surface area contributed by atoms with E-state index < -0.39 is 6.10 Å². The third-order valence-electron chi connectivity index (χ3n) is 12.5. The number of hydrogen-bond acceptors (Lipinski definition) is 6. The van der Waals surface area contributed by atoms with Crippen LogP contribution in [0, 0.1) is 0 Å². The lowest BCUT2D eigenvalue weighted by molar-refractivity contribution is -0.167. The number of hydrogen-bond donors (Lipinski definition) is 0. The van der Waals surface area contributed by atoms with E-state index in [1.807, 2.05) is 0 Å². The molecule has 0 saturated heterocycles. The molecule has 0 aliphatic heterocycles. The van der Waals surface area contributed by atoms with E-state index in [1.54, 1.807) is 0 Å². The van der Waals surface area contributed by atoms with Gasteiger partial charge in [0.2, 0.25) is 0 Å². The summed E-state index contributed by atoms with van der Waals surface area (Å²) in [6, 6.07) is 0. The predicted octanol–water partition coefficient (Wildman–Crippen LogP) is 19.2. The summed E-state index contributed by atoms with van der Waals surface area (Å²) < 4.78 is 16.8. The Balaban J connectivity index is 4.43. The van der Waals surface area contributed by atoms with Crippen LogP contribution in [0.2, 0.25) is 0 Å². The minimum absolute atomic E-state index is 0.0927. The molecule has 6 heteroatoms. The molecule has 388 valence electrons. The third-order valence-corrected chi connectivity index (χ3v) is 12.5. The molecule has 1 atom stereocenters. The lowest BCUT2D eigenvalue weighted by Crippen LogP contribution is -2.30.